The summed E-state index contributed by atoms with van der Waals surface area (Å²) in [5.74, 6) is 0. The molecule has 0 bridgehead atoms. The second-order valence-corrected chi connectivity index (χ2v) is 13.4. The Balaban J connectivity index is 1.04. The lowest BCUT2D eigenvalue weighted by Crippen LogP contribution is -2.21. The van der Waals surface area contributed by atoms with Crippen LogP contribution in [0.2, 0.25) is 0 Å². The van der Waals surface area contributed by atoms with E-state index in [2.05, 4.69) is 68.8 Å². The number of para-hydroxylation sites is 3. The number of aromatic amines is 1. The van der Waals surface area contributed by atoms with Gasteiger partial charge in [0.15, 0.2) is 0 Å². The summed E-state index contributed by atoms with van der Waals surface area (Å²) in [6, 6.07) is 38.5. The van der Waals surface area contributed by atoms with Crippen LogP contribution in [0, 0.1) is 0 Å². The van der Waals surface area contributed by atoms with Crippen LogP contribution in [0.3, 0.4) is 0 Å². The quantitative estimate of drug-likeness (QED) is 0.182. The molecule has 10 heteroatoms. The molecule has 0 aliphatic heterocycles. The predicted molar refractivity (Wildman–Crippen MR) is 211 cm³/mol. The topological polar surface area (TPSA) is 116 Å². The lowest BCUT2D eigenvalue weighted by atomic mass is 9.94. The number of H-pyrrole nitrogens is 1. The van der Waals surface area contributed by atoms with E-state index in [0.29, 0.717) is 13.1 Å². The highest BCUT2D eigenvalue weighted by Gasteiger charge is 2.16. The molecule has 0 atom stereocenters. The second-order valence-electron chi connectivity index (χ2n) is 13.4. The van der Waals surface area contributed by atoms with E-state index in [-0.39, 0.29) is 11.1 Å². The van der Waals surface area contributed by atoms with Crippen molar-refractivity contribution >= 4 is 38.5 Å². The summed E-state index contributed by atoms with van der Waals surface area (Å²) in [6.07, 6.45) is 10.3. The van der Waals surface area contributed by atoms with Crippen molar-refractivity contribution in [3.8, 4) is 33.4 Å². The third kappa shape index (κ3) is 5.44. The summed E-state index contributed by atoms with van der Waals surface area (Å²) in [6.45, 7) is 0.785. The fourth-order valence-electron chi connectivity index (χ4n) is 7.45. The van der Waals surface area contributed by atoms with Gasteiger partial charge in [0.25, 0.3) is 11.1 Å². The summed E-state index contributed by atoms with van der Waals surface area (Å²) in [5.41, 5.74) is 12.5. The lowest BCUT2D eigenvalue weighted by molar-refractivity contribution is 0.787. The Hall–Kier alpha value is -7.46. The highest BCUT2D eigenvalue weighted by atomic mass is 16.1. The summed E-state index contributed by atoms with van der Waals surface area (Å²) in [7, 11) is 0. The van der Waals surface area contributed by atoms with Gasteiger partial charge in [-0.25, -0.2) is 15.0 Å². The maximum absolute atomic E-state index is 13.4. The standard InChI is InChI=1S/C44H30N8O2/c53-42-22-46-38-11-1-2-12-40(38)51(42)24-29-7-4-9-31(17-29)36-18-33(19-39-37(36)21-48-49-39)35-10-5-13-41-44(35)47-23-43(54)52(41)25-28-6-3-8-30(16-28)32-14-15-34-20-45-27-50(34)26-32/h1-23,26-27H,24-25H2,(H,48,49). The molecule has 0 saturated heterocycles. The number of hydrogen-bond donors (Lipinski definition) is 1. The molecule has 1 N–H and O–H groups in total. The zero-order valence-corrected chi connectivity index (χ0v) is 28.8. The van der Waals surface area contributed by atoms with Gasteiger partial charge in [-0.15, -0.1) is 0 Å². The van der Waals surface area contributed by atoms with Crippen LogP contribution in [0.25, 0.3) is 71.9 Å². The third-order valence-electron chi connectivity index (χ3n) is 10.1. The lowest BCUT2D eigenvalue weighted by Gasteiger charge is -2.15. The molecule has 10 rings (SSSR count). The molecule has 258 valence electrons. The van der Waals surface area contributed by atoms with Crippen LogP contribution in [0.5, 0.6) is 0 Å². The van der Waals surface area contributed by atoms with Crippen molar-refractivity contribution in [2.24, 2.45) is 0 Å². The van der Waals surface area contributed by atoms with E-state index in [0.717, 1.165) is 83.0 Å². The number of rotatable bonds is 7. The van der Waals surface area contributed by atoms with Crippen molar-refractivity contribution in [3.63, 3.8) is 0 Å². The van der Waals surface area contributed by atoms with Crippen molar-refractivity contribution in [2.75, 3.05) is 0 Å². The van der Waals surface area contributed by atoms with E-state index < -0.39 is 0 Å². The molecule has 0 radical (unpaired) electrons. The van der Waals surface area contributed by atoms with Gasteiger partial charge in [0.2, 0.25) is 0 Å². The smallest absolute Gasteiger partial charge is 0.269 e. The highest BCUT2D eigenvalue weighted by Crippen LogP contribution is 2.36. The Morgan fingerprint density at radius 2 is 1.31 bits per heavy atom. The van der Waals surface area contributed by atoms with E-state index in [4.69, 9.17) is 4.98 Å². The normalized spacial score (nSPS) is 11.6. The maximum Gasteiger partial charge on any atom is 0.269 e. The Kier molecular flexibility index (Phi) is 7.32. The fraction of sp³-hybridized carbons (Fsp3) is 0.0455. The highest BCUT2D eigenvalue weighted by molar-refractivity contribution is 6.01. The van der Waals surface area contributed by atoms with Crippen LogP contribution >= 0.6 is 0 Å². The first-order chi connectivity index (χ1) is 26.6. The van der Waals surface area contributed by atoms with Gasteiger partial charge in [0.1, 0.15) is 0 Å². The summed E-state index contributed by atoms with van der Waals surface area (Å²) in [5, 5.41) is 8.53. The largest absolute Gasteiger partial charge is 0.306 e. The van der Waals surface area contributed by atoms with Crippen LogP contribution in [0.1, 0.15) is 11.1 Å². The van der Waals surface area contributed by atoms with Crippen molar-refractivity contribution < 1.29 is 0 Å². The Bertz CT molecular complexity index is 3190. The summed E-state index contributed by atoms with van der Waals surface area (Å²) in [4.78, 5) is 39.7. The Morgan fingerprint density at radius 3 is 2.19 bits per heavy atom. The molecule has 0 fully saturated rings. The van der Waals surface area contributed by atoms with Gasteiger partial charge >= 0.3 is 0 Å². The van der Waals surface area contributed by atoms with Gasteiger partial charge in [0.05, 0.1) is 77.3 Å². The Morgan fingerprint density at radius 1 is 0.574 bits per heavy atom. The first kappa shape index (κ1) is 31.3. The molecule has 0 amide bonds. The van der Waals surface area contributed by atoms with Crippen LogP contribution < -0.4 is 11.1 Å². The molecular formula is C44H30N8O2. The third-order valence-corrected chi connectivity index (χ3v) is 10.1. The molecule has 0 saturated carbocycles. The number of aromatic nitrogens is 8. The van der Waals surface area contributed by atoms with E-state index in [1.807, 2.05) is 89.6 Å². The van der Waals surface area contributed by atoms with E-state index >= 15 is 0 Å². The average Bonchev–Trinajstić information content (AvgIpc) is 3.89. The number of hydrogen-bond acceptors (Lipinski definition) is 6. The summed E-state index contributed by atoms with van der Waals surface area (Å²) < 4.78 is 5.54. The first-order valence-electron chi connectivity index (χ1n) is 17.6. The molecule has 0 spiro atoms. The molecule has 5 aromatic carbocycles. The van der Waals surface area contributed by atoms with Gasteiger partial charge < -0.3 is 13.5 Å². The maximum atomic E-state index is 13.4. The van der Waals surface area contributed by atoms with Gasteiger partial charge in [-0.2, -0.15) is 5.10 Å². The van der Waals surface area contributed by atoms with Crippen molar-refractivity contribution in [1.29, 1.82) is 0 Å². The van der Waals surface area contributed by atoms with Gasteiger partial charge in [-0.1, -0.05) is 66.7 Å². The first-order valence-corrected chi connectivity index (χ1v) is 17.6. The predicted octanol–water partition coefficient (Wildman–Crippen LogP) is 7.73. The Labute approximate surface area is 307 Å². The van der Waals surface area contributed by atoms with Crippen LogP contribution in [0.4, 0.5) is 0 Å². The number of pyridine rings is 1. The number of imidazole rings is 1. The van der Waals surface area contributed by atoms with E-state index in [9.17, 15) is 9.59 Å². The van der Waals surface area contributed by atoms with Crippen molar-refractivity contribution in [2.45, 2.75) is 13.1 Å². The molecule has 10 nitrogen and oxygen atoms in total. The molecule has 0 aliphatic rings. The van der Waals surface area contributed by atoms with E-state index in [1.54, 1.807) is 15.5 Å². The molecule has 5 aromatic heterocycles. The van der Waals surface area contributed by atoms with E-state index in [1.165, 1.54) is 12.4 Å². The minimum Gasteiger partial charge on any atom is -0.306 e. The number of fused-ring (bicyclic) bond motifs is 4. The zero-order chi connectivity index (χ0) is 36.2. The van der Waals surface area contributed by atoms with Gasteiger partial charge in [-0.05, 0) is 87.5 Å². The number of benzene rings is 5. The van der Waals surface area contributed by atoms with Crippen LogP contribution in [-0.4, -0.2) is 38.7 Å². The zero-order valence-electron chi connectivity index (χ0n) is 28.8. The van der Waals surface area contributed by atoms with Gasteiger partial charge in [0, 0.05) is 17.1 Å². The number of nitrogens with zero attached hydrogens (tertiary/aromatic N) is 7. The molecule has 5 heterocycles. The molecule has 10 aromatic rings. The fourth-order valence-corrected chi connectivity index (χ4v) is 7.45. The summed E-state index contributed by atoms with van der Waals surface area (Å²) >= 11 is 0. The monoisotopic (exact) mass is 702 g/mol. The molecule has 0 unspecified atom stereocenters. The molecular weight excluding hydrogens is 673 g/mol. The second kappa shape index (κ2) is 12.6. The average molecular weight is 703 g/mol. The number of nitrogens with one attached hydrogen (secondary N) is 1. The SMILES string of the molecule is O=c1cnc2ccccc2n1Cc1cccc(-c2cc(-c3cccc4c3ncc(=O)n4Cc3cccc(-c4ccc5cncn5c4)c3)cc3[nH]ncc23)c1. The van der Waals surface area contributed by atoms with Crippen LogP contribution in [0.15, 0.2) is 162 Å². The van der Waals surface area contributed by atoms with Gasteiger partial charge in [-0.3, -0.25) is 14.7 Å². The van der Waals surface area contributed by atoms with Crippen molar-refractivity contribution in [1.82, 2.24) is 38.7 Å². The van der Waals surface area contributed by atoms with Crippen molar-refractivity contribution in [3.05, 3.63) is 184 Å². The minimum absolute atomic E-state index is 0.152. The molecule has 54 heavy (non-hydrogen) atoms. The molecule has 0 aliphatic carbocycles. The minimum atomic E-state index is -0.174. The van der Waals surface area contributed by atoms with Crippen LogP contribution in [-0.2, 0) is 13.1 Å².